The highest BCUT2D eigenvalue weighted by Crippen LogP contribution is 2.37. The molecule has 0 saturated heterocycles. The van der Waals surface area contributed by atoms with Crippen LogP contribution in [0.3, 0.4) is 0 Å². The number of nitrogens with one attached hydrogen (secondary N) is 1. The second-order valence-corrected chi connectivity index (χ2v) is 4.68. The van der Waals surface area contributed by atoms with Crippen LogP contribution in [-0.4, -0.2) is 18.6 Å². The first kappa shape index (κ1) is 15.4. The van der Waals surface area contributed by atoms with Crippen LogP contribution in [0.2, 0.25) is 0 Å². The summed E-state index contributed by atoms with van der Waals surface area (Å²) in [5.41, 5.74) is -3.55. The van der Waals surface area contributed by atoms with Crippen LogP contribution < -0.4 is 5.32 Å². The van der Waals surface area contributed by atoms with E-state index in [-0.39, 0.29) is 16.7 Å². The number of alkyl halides is 3. The van der Waals surface area contributed by atoms with E-state index in [9.17, 15) is 18.0 Å². The zero-order chi connectivity index (χ0) is 14.5. The standard InChI is InChI=1S/C12H12F3NO2S/c1-8(11(17)18-2)7-16-9-4-3-5-10(6-9)19-12(13,14)15/h3-7,16H,1-2H3. The fourth-order valence-electron chi connectivity index (χ4n) is 1.19. The molecule has 0 aromatic heterocycles. The molecule has 0 radical (unpaired) electrons. The lowest BCUT2D eigenvalue weighted by molar-refractivity contribution is -0.136. The first-order chi connectivity index (χ1) is 8.81. The van der Waals surface area contributed by atoms with Crippen LogP contribution in [0, 0.1) is 0 Å². The molecule has 0 aliphatic carbocycles. The van der Waals surface area contributed by atoms with Crippen molar-refractivity contribution in [2.45, 2.75) is 17.3 Å². The zero-order valence-corrected chi connectivity index (χ0v) is 11.1. The summed E-state index contributed by atoms with van der Waals surface area (Å²) in [6.45, 7) is 1.53. The number of anilines is 1. The van der Waals surface area contributed by atoms with E-state index in [0.717, 1.165) is 0 Å². The number of hydrogen-bond donors (Lipinski definition) is 1. The molecule has 104 valence electrons. The fraction of sp³-hybridized carbons (Fsp3) is 0.250. The number of benzene rings is 1. The van der Waals surface area contributed by atoms with E-state index < -0.39 is 11.5 Å². The van der Waals surface area contributed by atoms with Gasteiger partial charge in [-0.3, -0.25) is 0 Å². The van der Waals surface area contributed by atoms with Gasteiger partial charge in [0, 0.05) is 16.8 Å². The van der Waals surface area contributed by atoms with Gasteiger partial charge in [0.25, 0.3) is 0 Å². The van der Waals surface area contributed by atoms with Gasteiger partial charge in [0.1, 0.15) is 0 Å². The minimum Gasteiger partial charge on any atom is -0.466 e. The minimum absolute atomic E-state index is 0.0709. The molecular weight excluding hydrogens is 279 g/mol. The second-order valence-electron chi connectivity index (χ2n) is 3.54. The summed E-state index contributed by atoms with van der Waals surface area (Å²) >= 11 is -0.192. The van der Waals surface area contributed by atoms with Crippen molar-refractivity contribution in [3.8, 4) is 0 Å². The summed E-state index contributed by atoms with van der Waals surface area (Å²) in [6.07, 6.45) is 1.38. The predicted molar refractivity (Wildman–Crippen MR) is 67.7 cm³/mol. The van der Waals surface area contributed by atoms with Crippen LogP contribution in [0.15, 0.2) is 40.9 Å². The average Bonchev–Trinajstić information content (AvgIpc) is 2.33. The molecule has 19 heavy (non-hydrogen) atoms. The van der Waals surface area contributed by atoms with E-state index in [2.05, 4.69) is 10.1 Å². The van der Waals surface area contributed by atoms with Gasteiger partial charge >= 0.3 is 11.5 Å². The second kappa shape index (κ2) is 6.51. The Kier molecular flexibility index (Phi) is 5.29. The van der Waals surface area contributed by atoms with Crippen molar-refractivity contribution in [2.75, 3.05) is 12.4 Å². The highest BCUT2D eigenvalue weighted by molar-refractivity contribution is 8.00. The zero-order valence-electron chi connectivity index (χ0n) is 10.2. The monoisotopic (exact) mass is 291 g/mol. The average molecular weight is 291 g/mol. The largest absolute Gasteiger partial charge is 0.466 e. The van der Waals surface area contributed by atoms with Crippen molar-refractivity contribution < 1.29 is 22.7 Å². The third-order valence-electron chi connectivity index (χ3n) is 2.03. The Balaban J connectivity index is 2.75. The van der Waals surface area contributed by atoms with Crippen LogP contribution in [0.5, 0.6) is 0 Å². The van der Waals surface area contributed by atoms with Crippen molar-refractivity contribution in [1.29, 1.82) is 0 Å². The number of ether oxygens (including phenoxy) is 1. The van der Waals surface area contributed by atoms with Crippen LogP contribution >= 0.6 is 11.8 Å². The van der Waals surface area contributed by atoms with E-state index >= 15 is 0 Å². The first-order valence-corrected chi connectivity index (χ1v) is 6.01. The molecule has 1 aromatic carbocycles. The third-order valence-corrected chi connectivity index (χ3v) is 2.75. The van der Waals surface area contributed by atoms with E-state index in [4.69, 9.17) is 0 Å². The molecule has 0 saturated carbocycles. The van der Waals surface area contributed by atoms with Crippen LogP contribution in [0.25, 0.3) is 0 Å². The lowest BCUT2D eigenvalue weighted by atomic mass is 10.3. The number of esters is 1. The Labute approximate surface area is 112 Å². The van der Waals surface area contributed by atoms with Crippen molar-refractivity contribution in [3.05, 3.63) is 36.0 Å². The number of methoxy groups -OCH3 is 1. The molecule has 0 unspecified atom stereocenters. The van der Waals surface area contributed by atoms with Gasteiger partial charge in [-0.25, -0.2) is 4.79 Å². The maximum atomic E-state index is 12.2. The van der Waals surface area contributed by atoms with Crippen LogP contribution in [0.4, 0.5) is 18.9 Å². The number of carbonyl (C=O) groups excluding carboxylic acids is 1. The molecule has 0 atom stereocenters. The van der Waals surface area contributed by atoms with Gasteiger partial charge in [-0.1, -0.05) is 6.07 Å². The summed E-state index contributed by atoms with van der Waals surface area (Å²) in [4.78, 5) is 11.2. The number of thioether (sulfide) groups is 1. The Morgan fingerprint density at radius 1 is 1.42 bits per heavy atom. The Hall–Kier alpha value is -1.63. The van der Waals surface area contributed by atoms with Crippen molar-refractivity contribution in [2.24, 2.45) is 0 Å². The van der Waals surface area contributed by atoms with Crippen LogP contribution in [-0.2, 0) is 9.53 Å². The number of hydrogen-bond acceptors (Lipinski definition) is 4. The van der Waals surface area contributed by atoms with E-state index in [1.165, 1.54) is 38.4 Å². The van der Waals surface area contributed by atoms with Gasteiger partial charge in [-0.05, 0) is 36.9 Å². The number of carbonyl (C=O) groups is 1. The molecule has 1 rings (SSSR count). The molecule has 7 heteroatoms. The van der Waals surface area contributed by atoms with Gasteiger partial charge in [0.15, 0.2) is 0 Å². The molecule has 3 nitrogen and oxygen atoms in total. The molecule has 0 spiro atoms. The first-order valence-electron chi connectivity index (χ1n) is 5.19. The molecule has 0 heterocycles. The Morgan fingerprint density at radius 3 is 2.68 bits per heavy atom. The van der Waals surface area contributed by atoms with Crippen molar-refractivity contribution in [1.82, 2.24) is 0 Å². The lowest BCUT2D eigenvalue weighted by Crippen LogP contribution is -2.03. The summed E-state index contributed by atoms with van der Waals surface area (Å²) in [6, 6.07) is 5.80. The Morgan fingerprint density at radius 2 is 2.11 bits per heavy atom. The SMILES string of the molecule is COC(=O)C(C)=CNc1cccc(SC(F)(F)F)c1. The van der Waals surface area contributed by atoms with E-state index in [0.29, 0.717) is 11.3 Å². The van der Waals surface area contributed by atoms with E-state index in [1.807, 2.05) is 0 Å². The minimum atomic E-state index is -4.32. The molecule has 0 aliphatic heterocycles. The van der Waals surface area contributed by atoms with Gasteiger partial charge in [-0.2, -0.15) is 13.2 Å². The molecule has 0 bridgehead atoms. The van der Waals surface area contributed by atoms with E-state index in [1.54, 1.807) is 6.07 Å². The van der Waals surface area contributed by atoms with Gasteiger partial charge in [0.05, 0.1) is 12.7 Å². The van der Waals surface area contributed by atoms with Crippen molar-refractivity contribution in [3.63, 3.8) is 0 Å². The normalized spacial score (nSPS) is 12.2. The van der Waals surface area contributed by atoms with Gasteiger partial charge in [-0.15, -0.1) is 0 Å². The maximum absolute atomic E-state index is 12.2. The molecular formula is C12H12F3NO2S. The molecule has 0 amide bonds. The molecule has 1 N–H and O–H groups in total. The quantitative estimate of drug-likeness (QED) is 0.520. The topological polar surface area (TPSA) is 38.3 Å². The van der Waals surface area contributed by atoms with Crippen molar-refractivity contribution >= 4 is 23.4 Å². The predicted octanol–water partition coefficient (Wildman–Crippen LogP) is 3.79. The third kappa shape index (κ3) is 5.69. The smallest absolute Gasteiger partial charge is 0.446 e. The molecule has 0 aliphatic rings. The summed E-state index contributed by atoms with van der Waals surface area (Å²) in [7, 11) is 1.25. The highest BCUT2D eigenvalue weighted by atomic mass is 32.2. The van der Waals surface area contributed by atoms with Crippen LogP contribution in [0.1, 0.15) is 6.92 Å². The summed E-state index contributed by atoms with van der Waals surface area (Å²) in [5, 5.41) is 2.74. The fourth-order valence-corrected chi connectivity index (χ4v) is 1.79. The number of rotatable bonds is 4. The summed E-state index contributed by atoms with van der Waals surface area (Å²) < 4.78 is 41.1. The Bertz CT molecular complexity index is 486. The van der Waals surface area contributed by atoms with Gasteiger partial charge < -0.3 is 10.1 Å². The van der Waals surface area contributed by atoms with Gasteiger partial charge in [0.2, 0.25) is 0 Å². The summed E-state index contributed by atoms with van der Waals surface area (Å²) in [5.74, 6) is -0.506. The maximum Gasteiger partial charge on any atom is 0.446 e. The molecule has 1 aromatic rings. The molecule has 0 fully saturated rings. The highest BCUT2D eigenvalue weighted by Gasteiger charge is 2.29. The lowest BCUT2D eigenvalue weighted by Gasteiger charge is -2.07. The number of halogens is 3.